The number of ether oxygens (including phenoxy) is 1. The molecule has 0 saturated heterocycles. The van der Waals surface area contributed by atoms with Gasteiger partial charge < -0.3 is 15.2 Å². The number of rotatable bonds is 7. The number of nitrogens with one attached hydrogen (secondary N) is 1. The lowest BCUT2D eigenvalue weighted by atomic mass is 9.88. The minimum atomic E-state index is -0.993. The Morgan fingerprint density at radius 2 is 1.86 bits per heavy atom. The van der Waals surface area contributed by atoms with Crippen LogP contribution in [0.2, 0.25) is 0 Å². The molecule has 120 valence electrons. The molecule has 22 heavy (non-hydrogen) atoms. The third kappa shape index (κ3) is 4.48. The smallest absolute Gasteiger partial charge is 0.341 e. The van der Waals surface area contributed by atoms with Crippen molar-refractivity contribution in [3.05, 3.63) is 29.8 Å². The van der Waals surface area contributed by atoms with Gasteiger partial charge in [0, 0.05) is 12.0 Å². The van der Waals surface area contributed by atoms with Crippen LogP contribution in [-0.4, -0.2) is 30.1 Å². The zero-order valence-corrected chi connectivity index (χ0v) is 12.9. The molecule has 5 nitrogen and oxygen atoms in total. The number of hydrogen-bond acceptors (Lipinski definition) is 3. The third-order valence-electron chi connectivity index (χ3n) is 4.24. The quantitative estimate of drug-likeness (QED) is 0.811. The summed E-state index contributed by atoms with van der Waals surface area (Å²) >= 11 is 0. The van der Waals surface area contributed by atoms with E-state index in [9.17, 15) is 9.59 Å². The fourth-order valence-corrected chi connectivity index (χ4v) is 2.81. The number of hydrogen-bond donors (Lipinski definition) is 2. The summed E-state index contributed by atoms with van der Waals surface area (Å²) in [5.41, 5.74) is 0.897. The molecule has 1 saturated carbocycles. The fourth-order valence-electron chi connectivity index (χ4n) is 2.81. The van der Waals surface area contributed by atoms with Gasteiger partial charge in [-0.25, -0.2) is 4.79 Å². The Labute approximate surface area is 130 Å². The van der Waals surface area contributed by atoms with Gasteiger partial charge in [0.25, 0.3) is 0 Å². The van der Waals surface area contributed by atoms with Crippen molar-refractivity contribution in [3.63, 3.8) is 0 Å². The van der Waals surface area contributed by atoms with Crippen LogP contribution in [0.25, 0.3) is 0 Å². The van der Waals surface area contributed by atoms with Crippen molar-refractivity contribution >= 4 is 11.9 Å². The third-order valence-corrected chi connectivity index (χ3v) is 4.24. The van der Waals surface area contributed by atoms with Gasteiger partial charge in [-0.05, 0) is 37.0 Å². The molecule has 1 aliphatic carbocycles. The number of carbonyl (C=O) groups excluding carboxylic acids is 1. The highest BCUT2D eigenvalue weighted by Crippen LogP contribution is 2.37. The first-order valence-corrected chi connectivity index (χ1v) is 7.71. The van der Waals surface area contributed by atoms with Crippen molar-refractivity contribution in [2.24, 2.45) is 5.41 Å². The lowest BCUT2D eigenvalue weighted by Gasteiger charge is -2.22. The zero-order chi connectivity index (χ0) is 16.0. The molecule has 1 amide bonds. The lowest BCUT2D eigenvalue weighted by molar-refractivity contribution is -0.139. The van der Waals surface area contributed by atoms with Crippen LogP contribution in [0, 0.1) is 5.41 Å². The molecule has 0 atom stereocenters. The Hall–Kier alpha value is -2.04. The van der Waals surface area contributed by atoms with E-state index in [1.807, 2.05) is 19.1 Å². The van der Waals surface area contributed by atoms with Crippen LogP contribution in [0.4, 0.5) is 0 Å². The Bertz CT molecular complexity index is 518. The van der Waals surface area contributed by atoms with Gasteiger partial charge >= 0.3 is 5.97 Å². The lowest BCUT2D eigenvalue weighted by Crippen LogP contribution is -2.38. The van der Waals surface area contributed by atoms with Crippen LogP contribution in [0.1, 0.15) is 38.2 Å². The molecular weight excluding hydrogens is 282 g/mol. The highest BCUT2D eigenvalue weighted by atomic mass is 16.5. The van der Waals surface area contributed by atoms with E-state index in [4.69, 9.17) is 9.84 Å². The van der Waals surface area contributed by atoms with Crippen molar-refractivity contribution in [1.29, 1.82) is 0 Å². The monoisotopic (exact) mass is 305 g/mol. The second-order valence-electron chi connectivity index (χ2n) is 6.10. The van der Waals surface area contributed by atoms with Crippen LogP contribution in [0.3, 0.4) is 0 Å². The van der Waals surface area contributed by atoms with Crippen molar-refractivity contribution < 1.29 is 19.4 Å². The minimum absolute atomic E-state index is 0.159. The average Bonchev–Trinajstić information content (AvgIpc) is 2.94. The van der Waals surface area contributed by atoms with Crippen LogP contribution >= 0.6 is 0 Å². The van der Waals surface area contributed by atoms with E-state index in [0.717, 1.165) is 37.7 Å². The second kappa shape index (κ2) is 7.29. The number of aliphatic carboxylic acids is 1. The van der Waals surface area contributed by atoms with Crippen molar-refractivity contribution in [1.82, 2.24) is 5.32 Å². The molecule has 0 unspecified atom stereocenters. The van der Waals surface area contributed by atoms with Gasteiger partial charge in [0.2, 0.25) is 5.91 Å². The van der Waals surface area contributed by atoms with Crippen LogP contribution < -0.4 is 10.1 Å². The van der Waals surface area contributed by atoms with Crippen molar-refractivity contribution in [2.45, 2.75) is 39.0 Å². The number of carboxylic acids is 1. The van der Waals surface area contributed by atoms with E-state index in [0.29, 0.717) is 12.3 Å². The summed E-state index contributed by atoms with van der Waals surface area (Å²) in [6, 6.07) is 7.28. The molecular formula is C17H23NO4. The molecule has 1 aromatic carbocycles. The van der Waals surface area contributed by atoms with E-state index < -0.39 is 5.97 Å². The van der Waals surface area contributed by atoms with E-state index >= 15 is 0 Å². The second-order valence-corrected chi connectivity index (χ2v) is 6.10. The van der Waals surface area contributed by atoms with Crippen molar-refractivity contribution in [3.8, 4) is 5.75 Å². The number of benzene rings is 1. The SMILES string of the molecule is CC1(C(=O)NCCc2ccc(OCC(=O)O)cc2)CCCC1. The maximum absolute atomic E-state index is 12.2. The minimum Gasteiger partial charge on any atom is -0.482 e. The average molecular weight is 305 g/mol. The van der Waals surface area contributed by atoms with Gasteiger partial charge in [0.15, 0.2) is 6.61 Å². The predicted octanol–water partition coefficient (Wildman–Crippen LogP) is 2.39. The summed E-state index contributed by atoms with van der Waals surface area (Å²) in [5, 5.41) is 11.6. The molecule has 5 heteroatoms. The van der Waals surface area contributed by atoms with Crippen molar-refractivity contribution in [2.75, 3.05) is 13.2 Å². The van der Waals surface area contributed by atoms with Gasteiger partial charge in [0.1, 0.15) is 5.75 Å². The molecule has 2 N–H and O–H groups in total. The van der Waals surface area contributed by atoms with Crippen LogP contribution in [-0.2, 0) is 16.0 Å². The summed E-state index contributed by atoms with van der Waals surface area (Å²) < 4.78 is 5.08. The molecule has 2 rings (SSSR count). The summed E-state index contributed by atoms with van der Waals surface area (Å²) in [7, 11) is 0. The Morgan fingerprint density at radius 1 is 1.23 bits per heavy atom. The first-order valence-electron chi connectivity index (χ1n) is 7.71. The first kappa shape index (κ1) is 16.3. The van der Waals surface area contributed by atoms with Gasteiger partial charge in [-0.1, -0.05) is 31.9 Å². The van der Waals surface area contributed by atoms with Gasteiger partial charge in [-0.15, -0.1) is 0 Å². The molecule has 0 aromatic heterocycles. The molecule has 1 fully saturated rings. The van der Waals surface area contributed by atoms with E-state index in [1.54, 1.807) is 12.1 Å². The van der Waals surface area contributed by atoms with Gasteiger partial charge in [-0.2, -0.15) is 0 Å². The molecule has 1 aliphatic rings. The largest absolute Gasteiger partial charge is 0.482 e. The number of carboxylic acid groups (broad SMARTS) is 1. The topological polar surface area (TPSA) is 75.6 Å². The summed E-state index contributed by atoms with van der Waals surface area (Å²) in [5.74, 6) is -0.299. The fraction of sp³-hybridized carbons (Fsp3) is 0.529. The zero-order valence-electron chi connectivity index (χ0n) is 12.9. The van der Waals surface area contributed by atoms with E-state index in [1.165, 1.54) is 0 Å². The summed E-state index contributed by atoms with van der Waals surface area (Å²) in [6.07, 6.45) is 4.99. The standard InChI is InChI=1S/C17H23NO4/c1-17(9-2-3-10-17)16(21)18-11-8-13-4-6-14(7-5-13)22-12-15(19)20/h4-7H,2-3,8-12H2,1H3,(H,18,21)(H,19,20). The maximum atomic E-state index is 12.2. The van der Waals surface area contributed by atoms with Crippen LogP contribution in [0.5, 0.6) is 5.75 Å². The number of carbonyl (C=O) groups is 2. The van der Waals surface area contributed by atoms with E-state index in [2.05, 4.69) is 5.32 Å². The summed E-state index contributed by atoms with van der Waals surface area (Å²) in [6.45, 7) is 2.32. The van der Waals surface area contributed by atoms with Gasteiger partial charge in [0.05, 0.1) is 0 Å². The highest BCUT2D eigenvalue weighted by molar-refractivity contribution is 5.82. The van der Waals surface area contributed by atoms with Gasteiger partial charge in [-0.3, -0.25) is 4.79 Å². The molecule has 0 spiro atoms. The molecule has 0 bridgehead atoms. The highest BCUT2D eigenvalue weighted by Gasteiger charge is 2.35. The Kier molecular flexibility index (Phi) is 5.41. The first-order chi connectivity index (χ1) is 10.5. The Morgan fingerprint density at radius 3 is 2.45 bits per heavy atom. The molecule has 0 radical (unpaired) electrons. The maximum Gasteiger partial charge on any atom is 0.341 e. The summed E-state index contributed by atoms with van der Waals surface area (Å²) in [4.78, 5) is 22.6. The predicted molar refractivity (Wildman–Crippen MR) is 82.9 cm³/mol. The van der Waals surface area contributed by atoms with E-state index in [-0.39, 0.29) is 17.9 Å². The number of amides is 1. The van der Waals surface area contributed by atoms with Crippen LogP contribution in [0.15, 0.2) is 24.3 Å². The molecule has 0 aliphatic heterocycles. The molecule has 1 aromatic rings. The Balaban J connectivity index is 1.75. The molecule has 0 heterocycles. The normalized spacial score (nSPS) is 16.2.